The molecule has 114 valence electrons. The maximum Gasteiger partial charge on any atom is 0.324 e. The van der Waals surface area contributed by atoms with Crippen LogP contribution in [0.4, 0.5) is 0 Å². The zero-order valence-electron chi connectivity index (χ0n) is 13.6. The molecule has 0 spiro atoms. The van der Waals surface area contributed by atoms with Crippen molar-refractivity contribution in [3.8, 4) is 0 Å². The Kier molecular flexibility index (Phi) is 5.61. The number of aliphatic carboxylic acids is 1. The molecule has 0 rings (SSSR count). The Hall–Kier alpha value is -0.610. The van der Waals surface area contributed by atoms with Crippen LogP contribution in [0.5, 0.6) is 0 Å². The summed E-state index contributed by atoms with van der Waals surface area (Å²) in [5, 5.41) is 9.45. The Balaban J connectivity index is 4.87. The second-order valence-corrected chi connectivity index (χ2v) is 8.04. The van der Waals surface area contributed by atoms with Crippen LogP contribution in [0.3, 0.4) is 0 Å². The quantitative estimate of drug-likeness (QED) is 0.717. The first-order valence-corrected chi connectivity index (χ1v) is 6.99. The SMILES string of the molecule is CC(CC(N)C(C)(C)C)C[C@](N)(C(=O)O)C(C)(C)C. The fraction of sp³-hybridized carbons (Fsp3) is 0.933. The second-order valence-electron chi connectivity index (χ2n) is 8.04. The number of hydrogen-bond donors (Lipinski definition) is 3. The molecule has 4 nitrogen and oxygen atoms in total. The van der Waals surface area contributed by atoms with Crippen LogP contribution in [0.2, 0.25) is 0 Å². The van der Waals surface area contributed by atoms with Crippen LogP contribution >= 0.6 is 0 Å². The molecule has 2 unspecified atom stereocenters. The minimum Gasteiger partial charge on any atom is -0.480 e. The number of nitrogens with two attached hydrogens (primary N) is 2. The van der Waals surface area contributed by atoms with Gasteiger partial charge >= 0.3 is 5.97 Å². The summed E-state index contributed by atoms with van der Waals surface area (Å²) in [4.78, 5) is 11.5. The van der Waals surface area contributed by atoms with E-state index in [-0.39, 0.29) is 17.4 Å². The number of carbonyl (C=O) groups is 1. The first-order chi connectivity index (χ1) is 8.22. The van der Waals surface area contributed by atoms with Crippen LogP contribution < -0.4 is 11.5 Å². The van der Waals surface area contributed by atoms with Gasteiger partial charge in [-0.05, 0) is 29.6 Å². The number of carboxylic acids is 1. The third kappa shape index (κ3) is 4.77. The molecule has 0 heterocycles. The lowest BCUT2D eigenvalue weighted by atomic mass is 9.68. The van der Waals surface area contributed by atoms with E-state index in [4.69, 9.17) is 11.5 Å². The lowest BCUT2D eigenvalue weighted by Crippen LogP contribution is -2.58. The molecule has 0 aliphatic heterocycles. The van der Waals surface area contributed by atoms with E-state index < -0.39 is 16.9 Å². The van der Waals surface area contributed by atoms with Gasteiger partial charge in [-0.25, -0.2) is 0 Å². The van der Waals surface area contributed by atoms with Crippen LogP contribution in [-0.4, -0.2) is 22.7 Å². The van der Waals surface area contributed by atoms with Crippen molar-refractivity contribution in [3.05, 3.63) is 0 Å². The highest BCUT2D eigenvalue weighted by atomic mass is 16.4. The molecule has 0 aliphatic rings. The molecule has 0 aromatic carbocycles. The van der Waals surface area contributed by atoms with E-state index in [9.17, 15) is 9.90 Å². The van der Waals surface area contributed by atoms with Crippen LogP contribution in [0.25, 0.3) is 0 Å². The van der Waals surface area contributed by atoms with Gasteiger partial charge in [0.2, 0.25) is 0 Å². The molecule has 0 aliphatic carbocycles. The summed E-state index contributed by atoms with van der Waals surface area (Å²) < 4.78 is 0. The standard InChI is InChI=1S/C15H32N2O2/c1-10(8-11(16)13(2,3)4)9-15(17,12(18)19)14(5,6)7/h10-11H,8-9,16-17H2,1-7H3,(H,18,19)/t10?,11?,15-/m0/s1. The summed E-state index contributed by atoms with van der Waals surface area (Å²) in [7, 11) is 0. The van der Waals surface area contributed by atoms with Crippen LogP contribution in [0.1, 0.15) is 61.3 Å². The molecule has 4 heteroatoms. The second kappa shape index (κ2) is 5.80. The summed E-state index contributed by atoms with van der Waals surface area (Å²) in [6, 6.07) is 0.0421. The van der Waals surface area contributed by atoms with Crippen molar-refractivity contribution >= 4 is 5.97 Å². The first-order valence-electron chi connectivity index (χ1n) is 6.99. The van der Waals surface area contributed by atoms with E-state index in [1.54, 1.807) is 0 Å². The van der Waals surface area contributed by atoms with Crippen LogP contribution in [0, 0.1) is 16.7 Å². The Morgan fingerprint density at radius 3 is 1.84 bits per heavy atom. The molecular formula is C15H32N2O2. The van der Waals surface area contributed by atoms with Crippen LogP contribution in [0.15, 0.2) is 0 Å². The van der Waals surface area contributed by atoms with E-state index in [2.05, 4.69) is 20.8 Å². The van der Waals surface area contributed by atoms with Gasteiger partial charge in [-0.15, -0.1) is 0 Å². The van der Waals surface area contributed by atoms with Gasteiger partial charge in [0.25, 0.3) is 0 Å². The Labute approximate surface area is 117 Å². The van der Waals surface area contributed by atoms with E-state index in [1.165, 1.54) is 0 Å². The Morgan fingerprint density at radius 2 is 1.58 bits per heavy atom. The number of rotatable bonds is 5. The molecule has 0 aromatic rings. The number of carboxylic acid groups (broad SMARTS) is 1. The predicted octanol–water partition coefficient (Wildman–Crippen LogP) is 2.60. The summed E-state index contributed by atoms with van der Waals surface area (Å²) in [5.74, 6) is -0.759. The Bertz CT molecular complexity index is 315. The Morgan fingerprint density at radius 1 is 1.16 bits per heavy atom. The molecule has 5 N–H and O–H groups in total. The molecule has 0 aromatic heterocycles. The lowest BCUT2D eigenvalue weighted by molar-refractivity contribution is -0.148. The van der Waals surface area contributed by atoms with Crippen LogP contribution in [-0.2, 0) is 4.79 Å². The van der Waals surface area contributed by atoms with Gasteiger partial charge in [0.15, 0.2) is 0 Å². The molecule has 0 amide bonds. The molecular weight excluding hydrogens is 240 g/mol. The average Bonchev–Trinajstić information content (AvgIpc) is 2.13. The van der Waals surface area contributed by atoms with Crippen molar-refractivity contribution in [2.24, 2.45) is 28.2 Å². The summed E-state index contributed by atoms with van der Waals surface area (Å²) in [5.41, 5.74) is 10.6. The zero-order chi connectivity index (χ0) is 15.6. The van der Waals surface area contributed by atoms with E-state index >= 15 is 0 Å². The summed E-state index contributed by atoms with van der Waals surface area (Å²) >= 11 is 0. The highest BCUT2D eigenvalue weighted by Crippen LogP contribution is 2.35. The van der Waals surface area contributed by atoms with Gasteiger partial charge in [0, 0.05) is 6.04 Å². The third-order valence-electron chi connectivity index (χ3n) is 4.16. The molecule has 19 heavy (non-hydrogen) atoms. The fourth-order valence-corrected chi connectivity index (χ4v) is 2.13. The normalized spacial score (nSPS) is 19.6. The molecule has 0 radical (unpaired) electrons. The minimum atomic E-state index is -1.22. The van der Waals surface area contributed by atoms with Gasteiger partial charge in [-0.3, -0.25) is 4.79 Å². The largest absolute Gasteiger partial charge is 0.480 e. The van der Waals surface area contributed by atoms with E-state index in [0.717, 1.165) is 6.42 Å². The van der Waals surface area contributed by atoms with Gasteiger partial charge in [-0.2, -0.15) is 0 Å². The smallest absolute Gasteiger partial charge is 0.324 e. The highest BCUT2D eigenvalue weighted by Gasteiger charge is 2.46. The maximum absolute atomic E-state index is 11.5. The van der Waals surface area contributed by atoms with Gasteiger partial charge in [-0.1, -0.05) is 48.5 Å². The molecule has 0 saturated heterocycles. The van der Waals surface area contributed by atoms with E-state index in [1.807, 2.05) is 27.7 Å². The zero-order valence-corrected chi connectivity index (χ0v) is 13.6. The predicted molar refractivity (Wildman–Crippen MR) is 79.8 cm³/mol. The van der Waals surface area contributed by atoms with Gasteiger partial charge in [0.1, 0.15) is 5.54 Å². The highest BCUT2D eigenvalue weighted by molar-refractivity contribution is 5.79. The van der Waals surface area contributed by atoms with Crippen molar-refractivity contribution in [1.29, 1.82) is 0 Å². The fourth-order valence-electron chi connectivity index (χ4n) is 2.13. The summed E-state index contributed by atoms with van der Waals surface area (Å²) in [6.07, 6.45) is 1.22. The minimum absolute atomic E-state index is 0.0243. The summed E-state index contributed by atoms with van der Waals surface area (Å²) in [6.45, 7) is 13.9. The molecule has 0 saturated carbocycles. The molecule has 0 fully saturated rings. The number of hydrogen-bond acceptors (Lipinski definition) is 3. The van der Waals surface area contributed by atoms with E-state index in [0.29, 0.717) is 6.42 Å². The monoisotopic (exact) mass is 272 g/mol. The molecule has 0 bridgehead atoms. The van der Waals surface area contributed by atoms with Crippen molar-refractivity contribution in [2.45, 2.75) is 72.9 Å². The third-order valence-corrected chi connectivity index (χ3v) is 4.16. The van der Waals surface area contributed by atoms with Crippen molar-refractivity contribution in [2.75, 3.05) is 0 Å². The van der Waals surface area contributed by atoms with Crippen molar-refractivity contribution in [3.63, 3.8) is 0 Å². The maximum atomic E-state index is 11.5. The topological polar surface area (TPSA) is 89.3 Å². The lowest BCUT2D eigenvalue weighted by Gasteiger charge is -2.40. The molecule has 3 atom stereocenters. The van der Waals surface area contributed by atoms with Gasteiger partial charge in [0.05, 0.1) is 0 Å². The van der Waals surface area contributed by atoms with Crippen molar-refractivity contribution < 1.29 is 9.90 Å². The first kappa shape index (κ1) is 18.4. The average molecular weight is 272 g/mol. The van der Waals surface area contributed by atoms with Gasteiger partial charge < -0.3 is 16.6 Å². The van der Waals surface area contributed by atoms with Crippen molar-refractivity contribution in [1.82, 2.24) is 0 Å².